The van der Waals surface area contributed by atoms with Gasteiger partial charge < -0.3 is 9.64 Å². The van der Waals surface area contributed by atoms with E-state index in [4.69, 9.17) is 4.74 Å². The van der Waals surface area contributed by atoms with Crippen molar-refractivity contribution in [3.05, 3.63) is 0 Å². The van der Waals surface area contributed by atoms with Crippen molar-refractivity contribution in [3.8, 4) is 0 Å². The van der Waals surface area contributed by atoms with Gasteiger partial charge in [0.15, 0.2) is 0 Å². The molecular formula is C11H20N2O2S. The second-order valence-corrected chi connectivity index (χ2v) is 6.48. The maximum Gasteiger partial charge on any atom is 0.410 e. The van der Waals surface area contributed by atoms with Crippen molar-refractivity contribution in [1.82, 2.24) is 9.21 Å². The SMILES string of the molecule is CC(C)(C)OC(=O)N1CCN2SCCC2C1. The molecule has 2 heterocycles. The number of hydrogen-bond donors (Lipinski definition) is 0. The van der Waals surface area contributed by atoms with Gasteiger partial charge in [0.1, 0.15) is 5.60 Å². The lowest BCUT2D eigenvalue weighted by molar-refractivity contribution is 0.0148. The molecular weight excluding hydrogens is 224 g/mol. The number of nitrogens with zero attached hydrogens (tertiary/aromatic N) is 2. The van der Waals surface area contributed by atoms with Crippen molar-refractivity contribution in [2.75, 3.05) is 25.4 Å². The molecule has 4 nitrogen and oxygen atoms in total. The number of amides is 1. The third-order valence-electron chi connectivity index (χ3n) is 2.79. The lowest BCUT2D eigenvalue weighted by Crippen LogP contribution is -2.51. The molecule has 1 amide bonds. The Labute approximate surface area is 101 Å². The maximum atomic E-state index is 11.9. The van der Waals surface area contributed by atoms with E-state index in [1.807, 2.05) is 37.6 Å². The molecule has 5 heteroatoms. The van der Waals surface area contributed by atoms with E-state index in [9.17, 15) is 4.79 Å². The van der Waals surface area contributed by atoms with Gasteiger partial charge in [-0.2, -0.15) is 0 Å². The Morgan fingerprint density at radius 2 is 2.12 bits per heavy atom. The summed E-state index contributed by atoms with van der Waals surface area (Å²) in [7, 11) is 0. The molecule has 92 valence electrons. The van der Waals surface area contributed by atoms with Crippen LogP contribution in [0.1, 0.15) is 27.2 Å². The van der Waals surface area contributed by atoms with Crippen LogP contribution in [0.15, 0.2) is 0 Å². The highest BCUT2D eigenvalue weighted by Crippen LogP contribution is 2.30. The first-order valence-corrected chi connectivity index (χ1v) is 6.77. The summed E-state index contributed by atoms with van der Waals surface area (Å²) in [6.07, 6.45) is 1.02. The minimum Gasteiger partial charge on any atom is -0.444 e. The summed E-state index contributed by atoms with van der Waals surface area (Å²) in [6.45, 7) is 8.31. The third kappa shape index (κ3) is 2.83. The highest BCUT2D eigenvalue weighted by molar-refractivity contribution is 7.97. The summed E-state index contributed by atoms with van der Waals surface area (Å²) < 4.78 is 7.79. The van der Waals surface area contributed by atoms with Crippen LogP contribution in [0.3, 0.4) is 0 Å². The molecule has 2 saturated heterocycles. The zero-order chi connectivity index (χ0) is 11.8. The molecule has 1 unspecified atom stereocenters. The van der Waals surface area contributed by atoms with Gasteiger partial charge in [-0.25, -0.2) is 9.10 Å². The van der Waals surface area contributed by atoms with E-state index in [1.165, 1.54) is 12.2 Å². The fraction of sp³-hybridized carbons (Fsp3) is 0.909. The van der Waals surface area contributed by atoms with Gasteiger partial charge in [0, 0.05) is 31.4 Å². The van der Waals surface area contributed by atoms with Crippen molar-refractivity contribution in [1.29, 1.82) is 0 Å². The topological polar surface area (TPSA) is 32.8 Å². The van der Waals surface area contributed by atoms with E-state index in [0.717, 1.165) is 19.6 Å². The molecule has 2 aliphatic rings. The van der Waals surface area contributed by atoms with Gasteiger partial charge in [-0.05, 0) is 27.2 Å². The monoisotopic (exact) mass is 244 g/mol. The standard InChI is InChI=1S/C11H20N2O2S/c1-11(2,3)15-10(14)12-5-6-13-9(8-12)4-7-16-13/h9H,4-8H2,1-3H3. The fourth-order valence-electron chi connectivity index (χ4n) is 2.04. The fourth-order valence-corrected chi connectivity index (χ4v) is 3.25. The van der Waals surface area contributed by atoms with Crippen molar-refractivity contribution < 1.29 is 9.53 Å². The second kappa shape index (κ2) is 4.45. The first-order valence-electron chi connectivity index (χ1n) is 5.83. The summed E-state index contributed by atoms with van der Waals surface area (Å²) in [4.78, 5) is 13.7. The highest BCUT2D eigenvalue weighted by Gasteiger charge is 2.34. The Hall–Kier alpha value is -0.420. The number of hydrogen-bond acceptors (Lipinski definition) is 4. The average molecular weight is 244 g/mol. The summed E-state index contributed by atoms with van der Waals surface area (Å²) in [5, 5.41) is 0. The van der Waals surface area contributed by atoms with Crippen LogP contribution >= 0.6 is 11.9 Å². The van der Waals surface area contributed by atoms with Crippen LogP contribution in [-0.2, 0) is 4.74 Å². The number of rotatable bonds is 0. The van der Waals surface area contributed by atoms with Crippen LogP contribution in [0.5, 0.6) is 0 Å². The molecule has 0 aromatic carbocycles. The molecule has 0 spiro atoms. The van der Waals surface area contributed by atoms with Crippen LogP contribution in [0, 0.1) is 0 Å². The number of carbonyl (C=O) groups excluding carboxylic acids is 1. The van der Waals surface area contributed by atoms with E-state index < -0.39 is 5.60 Å². The van der Waals surface area contributed by atoms with Crippen molar-refractivity contribution in [2.45, 2.75) is 38.8 Å². The summed E-state index contributed by atoms with van der Waals surface area (Å²) in [6, 6.07) is 0.534. The van der Waals surface area contributed by atoms with Crippen molar-refractivity contribution in [2.24, 2.45) is 0 Å². The normalized spacial score (nSPS) is 26.7. The maximum absolute atomic E-state index is 11.9. The molecule has 16 heavy (non-hydrogen) atoms. The zero-order valence-electron chi connectivity index (χ0n) is 10.2. The molecule has 0 aromatic rings. The van der Waals surface area contributed by atoms with Gasteiger partial charge in [0.25, 0.3) is 0 Å². The lowest BCUT2D eigenvalue weighted by atomic mass is 10.1. The first kappa shape index (κ1) is 12.0. The molecule has 0 bridgehead atoms. The van der Waals surface area contributed by atoms with E-state index in [-0.39, 0.29) is 6.09 Å². The molecule has 2 aliphatic heterocycles. The van der Waals surface area contributed by atoms with Crippen LogP contribution in [-0.4, -0.2) is 52.3 Å². The molecule has 0 aromatic heterocycles. The molecule has 0 radical (unpaired) electrons. The highest BCUT2D eigenvalue weighted by atomic mass is 32.2. The van der Waals surface area contributed by atoms with Gasteiger partial charge in [-0.1, -0.05) is 11.9 Å². The quantitative estimate of drug-likeness (QED) is 0.610. The summed E-state index contributed by atoms with van der Waals surface area (Å²) in [5.74, 6) is 1.19. The molecule has 2 rings (SSSR count). The van der Waals surface area contributed by atoms with Gasteiger partial charge in [0.2, 0.25) is 0 Å². The summed E-state index contributed by atoms with van der Waals surface area (Å²) in [5.41, 5.74) is -0.390. The number of piperazine rings is 1. The minimum atomic E-state index is -0.390. The third-order valence-corrected chi connectivity index (χ3v) is 4.02. The Balaban J connectivity index is 1.89. The number of fused-ring (bicyclic) bond motifs is 1. The minimum absolute atomic E-state index is 0.163. The summed E-state index contributed by atoms with van der Waals surface area (Å²) >= 11 is 1.91. The van der Waals surface area contributed by atoms with Gasteiger partial charge >= 0.3 is 6.09 Å². The Bertz CT molecular complexity index is 278. The van der Waals surface area contributed by atoms with Crippen molar-refractivity contribution >= 4 is 18.0 Å². The molecule has 0 aliphatic carbocycles. The van der Waals surface area contributed by atoms with Crippen molar-refractivity contribution in [3.63, 3.8) is 0 Å². The van der Waals surface area contributed by atoms with E-state index in [0.29, 0.717) is 6.04 Å². The number of carbonyl (C=O) groups is 1. The Kier molecular flexibility index (Phi) is 3.35. The van der Waals surface area contributed by atoms with Crippen LogP contribution in [0.4, 0.5) is 4.79 Å². The molecule has 1 atom stereocenters. The largest absolute Gasteiger partial charge is 0.444 e. The van der Waals surface area contributed by atoms with Gasteiger partial charge in [0.05, 0.1) is 0 Å². The van der Waals surface area contributed by atoms with Crippen LogP contribution < -0.4 is 0 Å². The van der Waals surface area contributed by atoms with Gasteiger partial charge in [-0.15, -0.1) is 0 Å². The average Bonchev–Trinajstić information content (AvgIpc) is 2.61. The predicted molar refractivity (Wildman–Crippen MR) is 65.4 cm³/mol. The van der Waals surface area contributed by atoms with E-state index in [2.05, 4.69) is 4.31 Å². The van der Waals surface area contributed by atoms with Crippen LogP contribution in [0.25, 0.3) is 0 Å². The van der Waals surface area contributed by atoms with Gasteiger partial charge in [-0.3, -0.25) is 0 Å². The lowest BCUT2D eigenvalue weighted by Gasteiger charge is -2.37. The Morgan fingerprint density at radius 1 is 1.38 bits per heavy atom. The molecule has 0 saturated carbocycles. The Morgan fingerprint density at radius 3 is 2.81 bits per heavy atom. The number of ether oxygens (including phenoxy) is 1. The second-order valence-electron chi connectivity index (χ2n) is 5.34. The smallest absolute Gasteiger partial charge is 0.410 e. The molecule has 2 fully saturated rings. The molecule has 0 N–H and O–H groups in total. The zero-order valence-corrected chi connectivity index (χ0v) is 11.0. The van der Waals surface area contributed by atoms with E-state index >= 15 is 0 Å². The van der Waals surface area contributed by atoms with E-state index in [1.54, 1.807) is 0 Å². The predicted octanol–water partition coefficient (Wildman–Crippen LogP) is 1.96. The first-order chi connectivity index (χ1) is 7.46. The van der Waals surface area contributed by atoms with Crippen LogP contribution in [0.2, 0.25) is 0 Å².